The van der Waals surface area contributed by atoms with E-state index in [0.29, 0.717) is 0 Å². The second-order valence-electron chi connectivity index (χ2n) is 4.02. The predicted molar refractivity (Wildman–Crippen MR) is 60.3 cm³/mol. The van der Waals surface area contributed by atoms with Crippen LogP contribution in [0.25, 0.3) is 0 Å². The van der Waals surface area contributed by atoms with E-state index in [1.54, 1.807) is 0 Å². The second kappa shape index (κ2) is 4.13. The summed E-state index contributed by atoms with van der Waals surface area (Å²) in [5, 5.41) is 2.09. The highest BCUT2D eigenvalue weighted by molar-refractivity contribution is 7.12. The molecule has 0 aromatic carbocycles. The van der Waals surface area contributed by atoms with Gasteiger partial charge in [0.25, 0.3) is 0 Å². The first kappa shape index (κ1) is 9.71. The monoisotopic (exact) mass is 209 g/mol. The van der Waals surface area contributed by atoms with E-state index >= 15 is 0 Å². The Bertz CT molecular complexity index is 321. The normalized spacial score (nSPS) is 22.4. The summed E-state index contributed by atoms with van der Waals surface area (Å²) < 4.78 is 0. The van der Waals surface area contributed by atoms with E-state index in [4.69, 9.17) is 0 Å². The lowest BCUT2D eigenvalue weighted by Gasteiger charge is -2.31. The quantitative estimate of drug-likeness (QED) is 0.698. The third-order valence-corrected chi connectivity index (χ3v) is 3.59. The van der Waals surface area contributed by atoms with Crippen molar-refractivity contribution < 1.29 is 4.79 Å². The molecule has 1 unspecified atom stereocenters. The molecule has 0 amide bonds. The first-order valence-corrected chi connectivity index (χ1v) is 5.96. The molecule has 2 rings (SSSR count). The summed E-state index contributed by atoms with van der Waals surface area (Å²) in [5.41, 5.74) is 1.23. The lowest BCUT2D eigenvalue weighted by molar-refractivity contribution is 0.112. The average molecular weight is 209 g/mol. The van der Waals surface area contributed by atoms with Crippen molar-refractivity contribution in [3.05, 3.63) is 16.3 Å². The zero-order chi connectivity index (χ0) is 9.97. The van der Waals surface area contributed by atoms with Gasteiger partial charge in [-0.25, -0.2) is 0 Å². The van der Waals surface area contributed by atoms with Crippen LogP contribution in [0, 0.1) is 5.92 Å². The highest BCUT2D eigenvalue weighted by Gasteiger charge is 2.17. The fourth-order valence-corrected chi connectivity index (χ4v) is 2.71. The Kier molecular flexibility index (Phi) is 2.87. The third-order valence-electron chi connectivity index (χ3n) is 2.74. The van der Waals surface area contributed by atoms with Crippen LogP contribution in [0.1, 0.15) is 29.4 Å². The number of carbonyl (C=O) groups is 1. The van der Waals surface area contributed by atoms with Crippen LogP contribution in [-0.4, -0.2) is 19.4 Å². The highest BCUT2D eigenvalue weighted by Crippen LogP contribution is 2.26. The summed E-state index contributed by atoms with van der Waals surface area (Å²) in [6.45, 7) is 4.56. The van der Waals surface area contributed by atoms with Gasteiger partial charge in [-0.2, -0.15) is 0 Å². The Morgan fingerprint density at radius 1 is 1.64 bits per heavy atom. The topological polar surface area (TPSA) is 20.3 Å². The maximum Gasteiger partial charge on any atom is 0.160 e. The summed E-state index contributed by atoms with van der Waals surface area (Å²) in [6, 6.07) is 2.00. The average Bonchev–Trinajstić information content (AvgIpc) is 2.66. The van der Waals surface area contributed by atoms with Gasteiger partial charge < -0.3 is 4.90 Å². The van der Waals surface area contributed by atoms with Crippen LogP contribution in [0.3, 0.4) is 0 Å². The number of hydrogen-bond donors (Lipinski definition) is 0. The van der Waals surface area contributed by atoms with Crippen molar-refractivity contribution in [2.45, 2.75) is 19.8 Å². The molecular weight excluding hydrogens is 194 g/mol. The van der Waals surface area contributed by atoms with E-state index in [1.165, 1.54) is 29.9 Å². The van der Waals surface area contributed by atoms with Crippen LogP contribution in [-0.2, 0) is 0 Å². The van der Waals surface area contributed by atoms with Crippen LogP contribution in [0.2, 0.25) is 0 Å². The van der Waals surface area contributed by atoms with E-state index in [1.807, 2.05) is 6.07 Å². The van der Waals surface area contributed by atoms with Crippen LogP contribution < -0.4 is 4.90 Å². The van der Waals surface area contributed by atoms with Crippen molar-refractivity contribution in [1.29, 1.82) is 0 Å². The predicted octanol–water partition coefficient (Wildman–Crippen LogP) is 2.80. The molecule has 3 heteroatoms. The van der Waals surface area contributed by atoms with Crippen LogP contribution in [0.4, 0.5) is 5.69 Å². The molecule has 0 saturated carbocycles. The first-order valence-electron chi connectivity index (χ1n) is 5.08. The zero-order valence-corrected chi connectivity index (χ0v) is 9.22. The molecule has 0 N–H and O–H groups in total. The van der Waals surface area contributed by atoms with Crippen molar-refractivity contribution >= 4 is 23.3 Å². The Hall–Kier alpha value is -0.830. The van der Waals surface area contributed by atoms with E-state index in [9.17, 15) is 4.79 Å². The van der Waals surface area contributed by atoms with Gasteiger partial charge in [-0.1, -0.05) is 6.92 Å². The van der Waals surface area contributed by atoms with Crippen molar-refractivity contribution in [1.82, 2.24) is 0 Å². The summed E-state index contributed by atoms with van der Waals surface area (Å²) in [6.07, 6.45) is 3.54. The van der Waals surface area contributed by atoms with E-state index in [2.05, 4.69) is 17.2 Å². The molecule has 2 heterocycles. The molecule has 1 atom stereocenters. The maximum atomic E-state index is 10.6. The molecule has 1 aromatic rings. The number of aldehydes is 1. The Morgan fingerprint density at radius 3 is 3.14 bits per heavy atom. The van der Waals surface area contributed by atoms with Crippen molar-refractivity contribution in [2.75, 3.05) is 18.0 Å². The van der Waals surface area contributed by atoms with Crippen molar-refractivity contribution in [3.63, 3.8) is 0 Å². The van der Waals surface area contributed by atoms with Crippen LogP contribution in [0.15, 0.2) is 11.4 Å². The number of nitrogens with zero attached hydrogens (tertiary/aromatic N) is 1. The number of carbonyl (C=O) groups excluding carboxylic acids is 1. The summed E-state index contributed by atoms with van der Waals surface area (Å²) in [5.74, 6) is 0.781. The molecule has 0 aliphatic carbocycles. The standard InChI is InChI=1S/C11H15NOS/c1-9-3-2-4-12(6-9)10-5-11(7-13)14-8-10/h5,7-9H,2-4,6H2,1H3. The molecule has 0 spiro atoms. The molecular formula is C11H15NOS. The van der Waals surface area contributed by atoms with E-state index in [-0.39, 0.29) is 0 Å². The van der Waals surface area contributed by atoms with Crippen LogP contribution in [0.5, 0.6) is 0 Å². The number of thiophene rings is 1. The van der Waals surface area contributed by atoms with Gasteiger partial charge in [-0.3, -0.25) is 4.79 Å². The minimum Gasteiger partial charge on any atom is -0.371 e. The number of rotatable bonds is 2. The van der Waals surface area contributed by atoms with E-state index < -0.39 is 0 Å². The Labute approximate surface area is 88.5 Å². The van der Waals surface area contributed by atoms with Gasteiger partial charge in [-0.15, -0.1) is 11.3 Å². The summed E-state index contributed by atoms with van der Waals surface area (Å²) in [4.78, 5) is 13.8. The fourth-order valence-electron chi connectivity index (χ4n) is 1.99. The van der Waals surface area contributed by atoms with Gasteiger partial charge in [0.1, 0.15) is 0 Å². The van der Waals surface area contributed by atoms with Crippen LogP contribution >= 0.6 is 11.3 Å². The van der Waals surface area contributed by atoms with Gasteiger partial charge in [-0.05, 0) is 24.8 Å². The zero-order valence-electron chi connectivity index (χ0n) is 8.40. The lowest BCUT2D eigenvalue weighted by Crippen LogP contribution is -2.33. The minimum atomic E-state index is 0.781. The molecule has 2 nitrogen and oxygen atoms in total. The van der Waals surface area contributed by atoms with Crippen molar-refractivity contribution in [2.24, 2.45) is 5.92 Å². The summed E-state index contributed by atoms with van der Waals surface area (Å²) >= 11 is 1.53. The molecule has 14 heavy (non-hydrogen) atoms. The largest absolute Gasteiger partial charge is 0.371 e. The smallest absolute Gasteiger partial charge is 0.160 e. The van der Waals surface area contributed by atoms with Gasteiger partial charge >= 0.3 is 0 Å². The summed E-state index contributed by atoms with van der Waals surface area (Å²) in [7, 11) is 0. The first-order chi connectivity index (χ1) is 6.79. The lowest BCUT2D eigenvalue weighted by atomic mass is 10.0. The van der Waals surface area contributed by atoms with Gasteiger partial charge in [0, 0.05) is 24.2 Å². The number of piperidine rings is 1. The molecule has 76 valence electrons. The number of anilines is 1. The third kappa shape index (κ3) is 1.98. The van der Waals surface area contributed by atoms with Crippen molar-refractivity contribution in [3.8, 4) is 0 Å². The molecule has 1 aromatic heterocycles. The molecule has 1 fully saturated rings. The molecule has 0 bridgehead atoms. The maximum absolute atomic E-state index is 10.6. The highest BCUT2D eigenvalue weighted by atomic mass is 32.1. The SMILES string of the molecule is CC1CCCN(c2csc(C=O)c2)C1. The minimum absolute atomic E-state index is 0.781. The van der Waals surface area contributed by atoms with Gasteiger partial charge in [0.2, 0.25) is 0 Å². The molecule has 1 saturated heterocycles. The Balaban J connectivity index is 2.09. The molecule has 1 aliphatic heterocycles. The molecule has 1 aliphatic rings. The Morgan fingerprint density at radius 2 is 2.50 bits per heavy atom. The fraction of sp³-hybridized carbons (Fsp3) is 0.545. The second-order valence-corrected chi connectivity index (χ2v) is 4.96. The van der Waals surface area contributed by atoms with E-state index in [0.717, 1.165) is 30.2 Å². The number of hydrogen-bond acceptors (Lipinski definition) is 3. The molecule has 0 radical (unpaired) electrons. The van der Waals surface area contributed by atoms with Gasteiger partial charge in [0.15, 0.2) is 6.29 Å². The van der Waals surface area contributed by atoms with Gasteiger partial charge in [0.05, 0.1) is 4.88 Å².